The summed E-state index contributed by atoms with van der Waals surface area (Å²) < 4.78 is 13.0. The molecule has 1 aliphatic rings. The van der Waals surface area contributed by atoms with Gasteiger partial charge in [0.05, 0.1) is 13.2 Å². The van der Waals surface area contributed by atoms with Crippen molar-refractivity contribution < 1.29 is 19.1 Å². The second kappa shape index (κ2) is 17.0. The van der Waals surface area contributed by atoms with E-state index in [0.29, 0.717) is 11.9 Å². The number of carbonyl (C=O) groups is 1. The molecule has 5 nitrogen and oxygen atoms in total. The highest BCUT2D eigenvalue weighted by Gasteiger charge is 2.25. The van der Waals surface area contributed by atoms with Gasteiger partial charge < -0.3 is 14.3 Å². The normalized spacial score (nSPS) is 21.7. The maximum Gasteiger partial charge on any atom is 0.188 e. The Morgan fingerprint density at radius 2 is 1.96 bits per heavy atom. The largest absolute Gasteiger partial charge is 0.359 e. The molecule has 160 valence electrons. The molecule has 0 spiro atoms. The zero-order valence-corrected chi connectivity index (χ0v) is 19.7. The first-order chi connectivity index (χ1) is 13.2. The smallest absolute Gasteiger partial charge is 0.188 e. The third-order valence-corrected chi connectivity index (χ3v) is 9.68. The molecule has 0 aromatic heterocycles. The number of ether oxygens (including phenoxy) is 2. The van der Waals surface area contributed by atoms with Gasteiger partial charge in [0.15, 0.2) is 5.12 Å². The van der Waals surface area contributed by atoms with Crippen molar-refractivity contribution in [1.82, 2.24) is 4.73 Å². The Morgan fingerprint density at radius 3 is 2.70 bits per heavy atom. The Balaban J connectivity index is 2.18. The molecule has 0 aromatic rings. The molecular weight excluding hydrogens is 378 g/mol. The van der Waals surface area contributed by atoms with Crippen LogP contribution >= 0.6 is 11.8 Å². The highest BCUT2D eigenvalue weighted by atomic mass is 32.2. The number of rotatable bonds is 14. The Labute approximate surface area is 172 Å². The van der Waals surface area contributed by atoms with E-state index in [4.69, 9.17) is 14.3 Å². The van der Waals surface area contributed by atoms with Gasteiger partial charge in [-0.3, -0.25) is 4.79 Å². The van der Waals surface area contributed by atoms with Gasteiger partial charge in [-0.2, -0.15) is 0 Å². The van der Waals surface area contributed by atoms with Gasteiger partial charge in [0.2, 0.25) is 0 Å². The SMILES string of the molecule is CCCCCCCC(=O)SCCC[SiH]1CCCC(OCOC)CCN1OC. The predicted molar refractivity (Wildman–Crippen MR) is 117 cm³/mol. The van der Waals surface area contributed by atoms with Crippen molar-refractivity contribution in [2.45, 2.75) is 89.3 Å². The minimum absolute atomic E-state index is 0.281. The fourth-order valence-electron chi connectivity index (χ4n) is 3.63. The first-order valence-electron chi connectivity index (χ1n) is 10.8. The van der Waals surface area contributed by atoms with Gasteiger partial charge >= 0.3 is 0 Å². The van der Waals surface area contributed by atoms with E-state index >= 15 is 0 Å². The van der Waals surface area contributed by atoms with E-state index in [9.17, 15) is 4.79 Å². The highest BCUT2D eigenvalue weighted by molar-refractivity contribution is 8.13. The van der Waals surface area contributed by atoms with Crippen LogP contribution in [0, 0.1) is 0 Å². The van der Waals surface area contributed by atoms with Crippen molar-refractivity contribution in [3.8, 4) is 0 Å². The Bertz CT molecular complexity index is 376. The molecule has 7 heteroatoms. The number of hydrogen-bond donors (Lipinski definition) is 0. The van der Waals surface area contributed by atoms with E-state index in [1.54, 1.807) is 26.0 Å². The van der Waals surface area contributed by atoms with Crippen LogP contribution in [0.4, 0.5) is 0 Å². The Kier molecular flexibility index (Phi) is 15.8. The Hall–Kier alpha value is 0.0769. The van der Waals surface area contributed by atoms with Crippen LogP contribution in [-0.2, 0) is 19.1 Å². The van der Waals surface area contributed by atoms with Crippen LogP contribution in [0.5, 0.6) is 0 Å². The van der Waals surface area contributed by atoms with E-state index in [1.807, 2.05) is 0 Å². The number of hydrogen-bond acceptors (Lipinski definition) is 6. The molecule has 0 aromatic carbocycles. The van der Waals surface area contributed by atoms with Crippen molar-refractivity contribution in [2.24, 2.45) is 0 Å². The summed E-state index contributed by atoms with van der Waals surface area (Å²) in [5.41, 5.74) is 0. The van der Waals surface area contributed by atoms with E-state index < -0.39 is 8.96 Å². The molecule has 1 fully saturated rings. The summed E-state index contributed by atoms with van der Waals surface area (Å²) in [4.78, 5) is 17.7. The van der Waals surface area contributed by atoms with Crippen molar-refractivity contribution in [3.63, 3.8) is 0 Å². The van der Waals surface area contributed by atoms with Gasteiger partial charge in [0.25, 0.3) is 0 Å². The lowest BCUT2D eigenvalue weighted by atomic mass is 10.1. The van der Waals surface area contributed by atoms with Crippen LogP contribution in [0.1, 0.15) is 71.1 Å². The van der Waals surface area contributed by atoms with E-state index in [-0.39, 0.29) is 6.10 Å². The number of hydroxylamine groups is 1. The van der Waals surface area contributed by atoms with Gasteiger partial charge in [-0.25, -0.2) is 4.73 Å². The molecular formula is C20H41NO4SSi. The number of thioether (sulfide) groups is 1. The Morgan fingerprint density at radius 1 is 1.15 bits per heavy atom. The number of carbonyl (C=O) groups excluding carboxylic acids is 1. The highest BCUT2D eigenvalue weighted by Crippen LogP contribution is 2.22. The van der Waals surface area contributed by atoms with Crippen LogP contribution in [0.15, 0.2) is 0 Å². The van der Waals surface area contributed by atoms with Crippen molar-refractivity contribution in [1.29, 1.82) is 0 Å². The van der Waals surface area contributed by atoms with E-state index in [0.717, 1.165) is 44.4 Å². The van der Waals surface area contributed by atoms with Crippen LogP contribution in [0.3, 0.4) is 0 Å². The molecule has 0 aliphatic carbocycles. The topological polar surface area (TPSA) is 48.0 Å². The van der Waals surface area contributed by atoms with E-state index in [2.05, 4.69) is 11.7 Å². The minimum atomic E-state index is -1.07. The summed E-state index contributed by atoms with van der Waals surface area (Å²) >= 11 is 1.55. The first-order valence-corrected chi connectivity index (χ1v) is 13.9. The third-order valence-electron chi connectivity index (χ3n) is 5.23. The second-order valence-corrected chi connectivity index (χ2v) is 11.6. The molecule has 27 heavy (non-hydrogen) atoms. The van der Waals surface area contributed by atoms with E-state index in [1.165, 1.54) is 44.2 Å². The van der Waals surface area contributed by atoms with Crippen molar-refractivity contribution in [3.05, 3.63) is 0 Å². The molecule has 2 atom stereocenters. The molecule has 1 heterocycles. The summed E-state index contributed by atoms with van der Waals surface area (Å²) in [6.07, 6.45) is 11.6. The number of nitrogens with zero attached hydrogens (tertiary/aromatic N) is 1. The monoisotopic (exact) mass is 419 g/mol. The fourth-order valence-corrected chi connectivity index (χ4v) is 7.82. The maximum atomic E-state index is 12.0. The lowest BCUT2D eigenvalue weighted by Crippen LogP contribution is -2.42. The molecule has 1 rings (SSSR count). The summed E-state index contributed by atoms with van der Waals surface area (Å²) in [5.74, 6) is 0.967. The van der Waals surface area contributed by atoms with Gasteiger partial charge in [0.1, 0.15) is 15.8 Å². The average Bonchev–Trinajstić information content (AvgIpc) is 2.66. The number of unbranched alkanes of at least 4 members (excludes halogenated alkanes) is 4. The molecule has 2 unspecified atom stereocenters. The third kappa shape index (κ3) is 12.3. The van der Waals surface area contributed by atoms with Gasteiger partial charge in [-0.05, 0) is 37.8 Å². The van der Waals surface area contributed by atoms with Gasteiger partial charge in [-0.15, -0.1) is 0 Å². The van der Waals surface area contributed by atoms with Crippen molar-refractivity contribution in [2.75, 3.05) is 33.3 Å². The fraction of sp³-hybridized carbons (Fsp3) is 0.950. The van der Waals surface area contributed by atoms with Gasteiger partial charge in [0, 0.05) is 25.8 Å². The van der Waals surface area contributed by atoms with Gasteiger partial charge in [-0.1, -0.05) is 50.8 Å². The standard InChI is InChI=1S/C20H41NO4SSi/c1-4-5-6-7-8-12-20(22)26-15-10-17-27-16-9-11-19(25-18-23-2)13-14-21(27)24-3/h19,27H,4-18H2,1-3H3. The zero-order valence-electron chi connectivity index (χ0n) is 17.7. The van der Waals surface area contributed by atoms with Crippen LogP contribution in [0.2, 0.25) is 12.1 Å². The molecule has 1 saturated heterocycles. The molecule has 0 amide bonds. The molecule has 0 bridgehead atoms. The quantitative estimate of drug-likeness (QED) is 0.230. The van der Waals surface area contributed by atoms with Crippen LogP contribution in [-0.4, -0.2) is 58.2 Å². The minimum Gasteiger partial charge on any atom is -0.359 e. The summed E-state index contributed by atoms with van der Waals surface area (Å²) in [7, 11) is 2.40. The molecule has 1 aliphatic heterocycles. The van der Waals surface area contributed by atoms with Crippen LogP contribution in [0.25, 0.3) is 0 Å². The summed E-state index contributed by atoms with van der Waals surface area (Å²) in [6.45, 7) is 3.55. The average molecular weight is 420 g/mol. The second-order valence-electron chi connectivity index (χ2n) is 7.42. The summed E-state index contributed by atoms with van der Waals surface area (Å²) in [6, 6.07) is 2.49. The molecule has 0 N–H and O–H groups in total. The van der Waals surface area contributed by atoms with Crippen LogP contribution < -0.4 is 0 Å². The summed E-state index contributed by atoms with van der Waals surface area (Å²) in [5, 5.41) is 0.382. The maximum absolute atomic E-state index is 12.0. The predicted octanol–water partition coefficient (Wildman–Crippen LogP) is 4.76. The molecule has 0 saturated carbocycles. The first kappa shape index (κ1) is 25.1. The van der Waals surface area contributed by atoms with Crippen molar-refractivity contribution >= 4 is 25.8 Å². The zero-order chi connectivity index (χ0) is 19.7. The number of methoxy groups -OCH3 is 1. The molecule has 0 radical (unpaired) electrons. The lowest BCUT2D eigenvalue weighted by Gasteiger charge is -2.32. The lowest BCUT2D eigenvalue weighted by molar-refractivity contribution is -0.111.